The van der Waals surface area contributed by atoms with E-state index < -0.39 is 23.9 Å². The number of aliphatic hydroxyl groups excluding tert-OH is 1. The monoisotopic (exact) mass is 263 g/mol. The molecule has 0 aliphatic rings. The van der Waals surface area contributed by atoms with Crippen molar-refractivity contribution in [3.8, 4) is 11.5 Å². The molecule has 0 aliphatic heterocycles. The molecular weight excluding hydrogens is 250 g/mol. The van der Waals surface area contributed by atoms with Gasteiger partial charge >= 0.3 is 5.97 Å². The van der Waals surface area contributed by atoms with Crippen molar-refractivity contribution in [3.05, 3.63) is 23.8 Å². The fourth-order valence-electron chi connectivity index (χ4n) is 1.20. The van der Waals surface area contributed by atoms with Crippen molar-refractivity contribution in [1.29, 1.82) is 0 Å². The van der Waals surface area contributed by atoms with E-state index in [4.69, 9.17) is 10.8 Å². The van der Waals surface area contributed by atoms with Crippen LogP contribution >= 0.6 is 12.4 Å². The van der Waals surface area contributed by atoms with Crippen molar-refractivity contribution in [3.63, 3.8) is 0 Å². The van der Waals surface area contributed by atoms with Crippen LogP contribution < -0.4 is 5.73 Å². The Morgan fingerprint density at radius 2 is 1.94 bits per heavy atom. The summed E-state index contributed by atoms with van der Waals surface area (Å²) in [6.07, 6.45) is -1.31. The molecule has 1 rings (SSSR count). The van der Waals surface area contributed by atoms with Crippen LogP contribution in [0.3, 0.4) is 0 Å². The Morgan fingerprint density at radius 1 is 1.35 bits per heavy atom. The number of ether oxygens (including phenoxy) is 1. The number of carbonyl (C=O) groups is 1. The van der Waals surface area contributed by atoms with E-state index in [2.05, 4.69) is 4.74 Å². The van der Waals surface area contributed by atoms with E-state index in [-0.39, 0.29) is 23.7 Å². The summed E-state index contributed by atoms with van der Waals surface area (Å²) in [5.74, 6) is -1.48. The van der Waals surface area contributed by atoms with Gasteiger partial charge in [-0.05, 0) is 17.7 Å². The number of aromatic hydroxyl groups is 2. The average molecular weight is 264 g/mol. The van der Waals surface area contributed by atoms with Gasteiger partial charge in [0.25, 0.3) is 0 Å². The van der Waals surface area contributed by atoms with E-state index in [0.29, 0.717) is 0 Å². The van der Waals surface area contributed by atoms with E-state index >= 15 is 0 Å². The lowest BCUT2D eigenvalue weighted by Crippen LogP contribution is -2.37. The molecule has 0 bridgehead atoms. The van der Waals surface area contributed by atoms with Crippen molar-refractivity contribution in [2.24, 2.45) is 5.73 Å². The lowest BCUT2D eigenvalue weighted by molar-refractivity contribution is -0.145. The van der Waals surface area contributed by atoms with Crippen molar-refractivity contribution in [1.82, 2.24) is 0 Å². The highest BCUT2D eigenvalue weighted by Crippen LogP contribution is 2.28. The van der Waals surface area contributed by atoms with Crippen molar-refractivity contribution in [2.75, 3.05) is 7.11 Å². The SMILES string of the molecule is COC(=O)[C@H](N)[C@@H](O)c1ccc(O)c(O)c1.Cl. The third-order valence-corrected chi connectivity index (χ3v) is 2.15. The molecule has 2 atom stereocenters. The molecule has 7 heteroatoms. The van der Waals surface area contributed by atoms with Crippen molar-refractivity contribution < 1.29 is 24.9 Å². The number of phenols is 2. The Hall–Kier alpha value is -1.50. The molecule has 0 aromatic heterocycles. The fraction of sp³-hybridized carbons (Fsp3) is 0.300. The molecule has 0 saturated carbocycles. The number of esters is 1. The lowest BCUT2D eigenvalue weighted by atomic mass is 10.0. The van der Waals surface area contributed by atoms with Gasteiger partial charge in [-0.3, -0.25) is 4.79 Å². The summed E-state index contributed by atoms with van der Waals surface area (Å²) in [6.45, 7) is 0. The molecule has 1 aromatic carbocycles. The number of carbonyl (C=O) groups excluding carboxylic acids is 1. The number of rotatable bonds is 3. The molecule has 0 unspecified atom stereocenters. The highest BCUT2D eigenvalue weighted by atomic mass is 35.5. The lowest BCUT2D eigenvalue weighted by Gasteiger charge is -2.17. The molecule has 17 heavy (non-hydrogen) atoms. The maximum absolute atomic E-state index is 11.1. The van der Waals surface area contributed by atoms with Crippen molar-refractivity contribution >= 4 is 18.4 Å². The smallest absolute Gasteiger partial charge is 0.325 e. The molecule has 6 nitrogen and oxygen atoms in total. The first-order chi connectivity index (χ1) is 7.47. The minimum Gasteiger partial charge on any atom is -0.504 e. The Kier molecular flexibility index (Phi) is 5.73. The van der Waals surface area contributed by atoms with Crippen LogP contribution in [0.25, 0.3) is 0 Å². The highest BCUT2D eigenvalue weighted by molar-refractivity contribution is 5.85. The van der Waals surface area contributed by atoms with Gasteiger partial charge in [0.05, 0.1) is 7.11 Å². The number of hydrogen-bond donors (Lipinski definition) is 4. The zero-order chi connectivity index (χ0) is 12.3. The number of benzene rings is 1. The minimum absolute atomic E-state index is 0. The Morgan fingerprint density at radius 3 is 2.41 bits per heavy atom. The predicted molar refractivity (Wildman–Crippen MR) is 62.0 cm³/mol. The van der Waals surface area contributed by atoms with Crippen LogP contribution in [0.1, 0.15) is 11.7 Å². The summed E-state index contributed by atoms with van der Waals surface area (Å²) < 4.78 is 4.37. The molecule has 0 heterocycles. The van der Waals surface area contributed by atoms with Crippen molar-refractivity contribution in [2.45, 2.75) is 12.1 Å². The van der Waals surface area contributed by atoms with Crippen LogP contribution in [0, 0.1) is 0 Å². The molecule has 0 aliphatic carbocycles. The molecule has 0 spiro atoms. The topological polar surface area (TPSA) is 113 Å². The minimum atomic E-state index is -1.31. The summed E-state index contributed by atoms with van der Waals surface area (Å²) in [4.78, 5) is 11.1. The highest BCUT2D eigenvalue weighted by Gasteiger charge is 2.25. The standard InChI is InChI=1S/C10H13NO5.ClH/c1-16-10(15)8(11)9(14)5-2-3-6(12)7(13)4-5;/h2-4,8-9,12-14H,11H2,1H3;1H/t8-,9+;/m1./s1. The van der Waals surface area contributed by atoms with Gasteiger partial charge in [-0.2, -0.15) is 0 Å². The van der Waals surface area contributed by atoms with E-state index in [1.807, 2.05) is 0 Å². The number of hydrogen-bond acceptors (Lipinski definition) is 6. The summed E-state index contributed by atoms with van der Waals surface area (Å²) >= 11 is 0. The molecule has 0 radical (unpaired) electrons. The Labute approximate surface area is 104 Å². The van der Waals surface area contributed by atoms with Crippen LogP contribution in [0.4, 0.5) is 0 Å². The second-order valence-corrected chi connectivity index (χ2v) is 3.24. The second kappa shape index (κ2) is 6.29. The molecule has 96 valence electrons. The fourth-order valence-corrected chi connectivity index (χ4v) is 1.20. The number of halogens is 1. The zero-order valence-electron chi connectivity index (χ0n) is 9.03. The molecule has 1 aromatic rings. The first-order valence-corrected chi connectivity index (χ1v) is 4.50. The van der Waals surface area contributed by atoms with Gasteiger partial charge in [0.2, 0.25) is 0 Å². The molecule has 0 saturated heterocycles. The molecule has 0 amide bonds. The van der Waals surface area contributed by atoms with Crippen LogP contribution in [-0.2, 0) is 9.53 Å². The number of nitrogens with two attached hydrogens (primary N) is 1. The third-order valence-electron chi connectivity index (χ3n) is 2.15. The van der Waals surface area contributed by atoms with Gasteiger partial charge in [0.15, 0.2) is 11.5 Å². The van der Waals surface area contributed by atoms with E-state index in [1.54, 1.807) is 0 Å². The Balaban J connectivity index is 0.00000256. The Bertz CT molecular complexity index is 398. The first-order valence-electron chi connectivity index (χ1n) is 4.50. The second-order valence-electron chi connectivity index (χ2n) is 3.24. The van der Waals surface area contributed by atoms with Gasteiger partial charge in [-0.25, -0.2) is 0 Å². The molecule has 5 N–H and O–H groups in total. The van der Waals surface area contributed by atoms with Gasteiger partial charge in [-0.1, -0.05) is 6.07 Å². The van der Waals surface area contributed by atoms with Gasteiger partial charge in [-0.15, -0.1) is 12.4 Å². The van der Waals surface area contributed by atoms with Crippen LogP contribution in [0.5, 0.6) is 11.5 Å². The van der Waals surface area contributed by atoms with E-state index in [1.165, 1.54) is 12.1 Å². The van der Waals surface area contributed by atoms with Gasteiger partial charge < -0.3 is 25.8 Å². The zero-order valence-corrected chi connectivity index (χ0v) is 9.85. The predicted octanol–water partition coefficient (Wildman–Crippen LogP) is 0.0533. The van der Waals surface area contributed by atoms with Gasteiger partial charge in [0, 0.05) is 0 Å². The average Bonchev–Trinajstić information content (AvgIpc) is 2.29. The third kappa shape index (κ3) is 3.48. The van der Waals surface area contributed by atoms with E-state index in [0.717, 1.165) is 13.2 Å². The van der Waals surface area contributed by atoms with Crippen LogP contribution in [0.2, 0.25) is 0 Å². The summed E-state index contributed by atoms with van der Waals surface area (Å²) in [5.41, 5.74) is 5.64. The summed E-state index contributed by atoms with van der Waals surface area (Å²) in [5, 5.41) is 28.0. The van der Waals surface area contributed by atoms with Gasteiger partial charge in [0.1, 0.15) is 12.1 Å². The largest absolute Gasteiger partial charge is 0.504 e. The maximum atomic E-state index is 11.1. The molecular formula is C10H14ClNO5. The van der Waals surface area contributed by atoms with Crippen LogP contribution in [0.15, 0.2) is 18.2 Å². The van der Waals surface area contributed by atoms with E-state index in [9.17, 15) is 15.0 Å². The first kappa shape index (κ1) is 15.5. The maximum Gasteiger partial charge on any atom is 0.325 e. The normalized spacial score (nSPS) is 13.4. The van der Waals surface area contributed by atoms with Crippen LogP contribution in [-0.4, -0.2) is 34.4 Å². The quantitative estimate of drug-likeness (QED) is 0.453. The summed E-state index contributed by atoms with van der Waals surface area (Å²) in [6, 6.07) is 2.43. The number of aliphatic hydroxyl groups is 1. The molecule has 0 fully saturated rings. The number of methoxy groups -OCH3 is 1. The summed E-state index contributed by atoms with van der Waals surface area (Å²) in [7, 11) is 1.16. The number of phenolic OH excluding ortho intramolecular Hbond substituents is 2.